The molecule has 0 aliphatic carbocycles. The lowest BCUT2D eigenvalue weighted by molar-refractivity contribution is -0.124. The summed E-state index contributed by atoms with van der Waals surface area (Å²) in [6.45, 7) is 7.73. The Kier molecular flexibility index (Phi) is 6.69. The second-order valence-corrected chi connectivity index (χ2v) is 5.90. The van der Waals surface area contributed by atoms with Crippen LogP contribution in [0.15, 0.2) is 24.3 Å². The number of benzene rings is 1. The van der Waals surface area contributed by atoms with Gasteiger partial charge in [-0.25, -0.2) is 0 Å². The van der Waals surface area contributed by atoms with Crippen molar-refractivity contribution in [2.45, 2.75) is 46.2 Å². The van der Waals surface area contributed by atoms with Crippen molar-refractivity contribution < 1.29 is 9.59 Å². The SMILES string of the molecule is CC[C@H](C)NC(=O)[C@H](NC(=O)c1ccccc1Cl)C(C)C. The first-order valence-corrected chi connectivity index (χ1v) is 7.60. The van der Waals surface area contributed by atoms with Crippen molar-refractivity contribution in [3.63, 3.8) is 0 Å². The molecule has 0 aromatic heterocycles. The molecule has 0 bridgehead atoms. The maximum Gasteiger partial charge on any atom is 0.253 e. The molecule has 0 unspecified atom stereocenters. The highest BCUT2D eigenvalue weighted by Gasteiger charge is 2.25. The minimum atomic E-state index is -0.581. The van der Waals surface area contributed by atoms with Crippen LogP contribution in [0.25, 0.3) is 0 Å². The number of amides is 2. The van der Waals surface area contributed by atoms with Crippen LogP contribution in [0.2, 0.25) is 5.02 Å². The highest BCUT2D eigenvalue weighted by atomic mass is 35.5. The van der Waals surface area contributed by atoms with Crippen LogP contribution >= 0.6 is 11.6 Å². The monoisotopic (exact) mass is 310 g/mol. The number of hydrogen-bond donors (Lipinski definition) is 2. The summed E-state index contributed by atoms with van der Waals surface area (Å²) in [6, 6.07) is 6.29. The molecule has 0 aliphatic heterocycles. The minimum Gasteiger partial charge on any atom is -0.352 e. The molecule has 2 atom stereocenters. The molecule has 2 amide bonds. The van der Waals surface area contributed by atoms with Gasteiger partial charge in [-0.15, -0.1) is 0 Å². The second kappa shape index (κ2) is 8.03. The fourth-order valence-electron chi connectivity index (χ4n) is 1.83. The molecule has 0 spiro atoms. The normalized spacial score (nSPS) is 13.6. The predicted molar refractivity (Wildman–Crippen MR) is 85.4 cm³/mol. The number of carbonyl (C=O) groups excluding carboxylic acids is 2. The number of carbonyl (C=O) groups is 2. The van der Waals surface area contributed by atoms with Gasteiger partial charge in [0.15, 0.2) is 0 Å². The molecule has 1 aromatic carbocycles. The molecule has 4 nitrogen and oxygen atoms in total. The van der Waals surface area contributed by atoms with E-state index in [0.29, 0.717) is 10.6 Å². The van der Waals surface area contributed by atoms with Crippen LogP contribution in [0, 0.1) is 5.92 Å². The lowest BCUT2D eigenvalue weighted by Crippen LogP contribution is -2.51. The molecule has 0 aliphatic rings. The van der Waals surface area contributed by atoms with E-state index in [1.165, 1.54) is 0 Å². The van der Waals surface area contributed by atoms with Crippen molar-refractivity contribution in [3.05, 3.63) is 34.9 Å². The maximum atomic E-state index is 12.3. The molecule has 2 N–H and O–H groups in total. The quantitative estimate of drug-likeness (QED) is 0.848. The summed E-state index contributed by atoms with van der Waals surface area (Å²) in [5.74, 6) is -0.515. The summed E-state index contributed by atoms with van der Waals surface area (Å²) < 4.78 is 0. The van der Waals surface area contributed by atoms with E-state index in [-0.39, 0.29) is 23.8 Å². The van der Waals surface area contributed by atoms with Crippen molar-refractivity contribution in [1.82, 2.24) is 10.6 Å². The van der Waals surface area contributed by atoms with Gasteiger partial charge in [0.05, 0.1) is 10.6 Å². The van der Waals surface area contributed by atoms with Crippen LogP contribution < -0.4 is 10.6 Å². The van der Waals surface area contributed by atoms with Crippen molar-refractivity contribution in [3.8, 4) is 0 Å². The van der Waals surface area contributed by atoms with E-state index in [1.54, 1.807) is 24.3 Å². The first-order valence-electron chi connectivity index (χ1n) is 7.22. The van der Waals surface area contributed by atoms with Gasteiger partial charge in [-0.3, -0.25) is 9.59 Å². The van der Waals surface area contributed by atoms with Crippen molar-refractivity contribution in [2.24, 2.45) is 5.92 Å². The molecule has 0 saturated carbocycles. The van der Waals surface area contributed by atoms with Crippen LogP contribution in [0.1, 0.15) is 44.5 Å². The Hall–Kier alpha value is -1.55. The maximum absolute atomic E-state index is 12.3. The molecular weight excluding hydrogens is 288 g/mol. The Labute approximate surface area is 131 Å². The molecule has 0 radical (unpaired) electrons. The topological polar surface area (TPSA) is 58.2 Å². The number of halogens is 1. The molecule has 21 heavy (non-hydrogen) atoms. The molecule has 1 rings (SSSR count). The Morgan fingerprint density at radius 3 is 2.29 bits per heavy atom. The zero-order valence-corrected chi connectivity index (χ0v) is 13.7. The van der Waals surface area contributed by atoms with Gasteiger partial charge in [-0.2, -0.15) is 0 Å². The Balaban J connectivity index is 2.82. The smallest absolute Gasteiger partial charge is 0.253 e. The van der Waals surface area contributed by atoms with Gasteiger partial charge in [-0.05, 0) is 31.4 Å². The molecule has 0 fully saturated rings. The summed E-state index contributed by atoms with van der Waals surface area (Å²) in [6.07, 6.45) is 0.842. The van der Waals surface area contributed by atoms with E-state index in [0.717, 1.165) is 6.42 Å². The first-order chi connectivity index (χ1) is 9.86. The van der Waals surface area contributed by atoms with Crippen LogP contribution in [0.5, 0.6) is 0 Å². The predicted octanol–water partition coefficient (Wildman–Crippen LogP) is 3.01. The van der Waals surface area contributed by atoms with Gasteiger partial charge in [0, 0.05) is 6.04 Å². The highest BCUT2D eigenvalue weighted by Crippen LogP contribution is 2.15. The summed E-state index contributed by atoms with van der Waals surface area (Å²) in [5, 5.41) is 6.04. The Morgan fingerprint density at radius 1 is 1.14 bits per heavy atom. The molecular formula is C16H23ClN2O2. The fourth-order valence-corrected chi connectivity index (χ4v) is 2.06. The van der Waals surface area contributed by atoms with Gasteiger partial charge < -0.3 is 10.6 Å². The third-order valence-corrected chi connectivity index (χ3v) is 3.68. The van der Waals surface area contributed by atoms with Gasteiger partial charge in [0.2, 0.25) is 5.91 Å². The molecule has 0 heterocycles. The summed E-state index contributed by atoms with van der Waals surface area (Å²) >= 11 is 6.01. The first kappa shape index (κ1) is 17.5. The molecule has 1 aromatic rings. The minimum absolute atomic E-state index is 0.0134. The summed E-state index contributed by atoms with van der Waals surface area (Å²) in [7, 11) is 0. The van der Waals surface area contributed by atoms with Crippen molar-refractivity contribution in [1.29, 1.82) is 0 Å². The van der Waals surface area contributed by atoms with E-state index in [1.807, 2.05) is 27.7 Å². The van der Waals surface area contributed by atoms with Crippen LogP contribution in [0.3, 0.4) is 0 Å². The van der Waals surface area contributed by atoms with Crippen molar-refractivity contribution in [2.75, 3.05) is 0 Å². The highest BCUT2D eigenvalue weighted by molar-refractivity contribution is 6.33. The summed E-state index contributed by atoms with van der Waals surface area (Å²) in [5.41, 5.74) is 0.376. The van der Waals surface area contributed by atoms with Gasteiger partial charge in [0.1, 0.15) is 6.04 Å². The molecule has 0 saturated heterocycles. The number of hydrogen-bond acceptors (Lipinski definition) is 2. The number of rotatable bonds is 6. The fraction of sp³-hybridized carbons (Fsp3) is 0.500. The largest absolute Gasteiger partial charge is 0.352 e. The van der Waals surface area contributed by atoms with E-state index < -0.39 is 6.04 Å². The standard InChI is InChI=1S/C16H23ClN2O2/c1-5-11(4)18-16(21)14(10(2)3)19-15(20)12-8-6-7-9-13(12)17/h6-11,14H,5H2,1-4H3,(H,18,21)(H,19,20)/t11-,14+/m0/s1. The van der Waals surface area contributed by atoms with Crippen LogP contribution in [-0.2, 0) is 4.79 Å². The molecule has 116 valence electrons. The second-order valence-electron chi connectivity index (χ2n) is 5.49. The van der Waals surface area contributed by atoms with E-state index in [2.05, 4.69) is 10.6 Å². The lowest BCUT2D eigenvalue weighted by Gasteiger charge is -2.23. The summed E-state index contributed by atoms with van der Waals surface area (Å²) in [4.78, 5) is 24.5. The zero-order valence-electron chi connectivity index (χ0n) is 12.9. The van der Waals surface area contributed by atoms with Crippen molar-refractivity contribution >= 4 is 23.4 Å². The third-order valence-electron chi connectivity index (χ3n) is 3.36. The van der Waals surface area contributed by atoms with E-state index >= 15 is 0 Å². The number of nitrogens with one attached hydrogen (secondary N) is 2. The zero-order chi connectivity index (χ0) is 16.0. The average molecular weight is 311 g/mol. The lowest BCUT2D eigenvalue weighted by atomic mass is 10.0. The third kappa shape index (κ3) is 5.05. The van der Waals surface area contributed by atoms with Crippen LogP contribution in [0.4, 0.5) is 0 Å². The van der Waals surface area contributed by atoms with E-state index in [4.69, 9.17) is 11.6 Å². The molecule has 5 heteroatoms. The van der Waals surface area contributed by atoms with Crippen LogP contribution in [-0.4, -0.2) is 23.9 Å². The van der Waals surface area contributed by atoms with Gasteiger partial charge >= 0.3 is 0 Å². The van der Waals surface area contributed by atoms with E-state index in [9.17, 15) is 9.59 Å². The van der Waals surface area contributed by atoms with Gasteiger partial charge in [0.25, 0.3) is 5.91 Å². The van der Waals surface area contributed by atoms with Gasteiger partial charge in [-0.1, -0.05) is 44.5 Å². The Morgan fingerprint density at radius 2 is 1.76 bits per heavy atom. The average Bonchev–Trinajstić information content (AvgIpc) is 2.44. The Bertz CT molecular complexity index is 503.